The average Bonchev–Trinajstić information content (AvgIpc) is 2.80. The summed E-state index contributed by atoms with van der Waals surface area (Å²) < 4.78 is 41.4. The summed E-state index contributed by atoms with van der Waals surface area (Å²) in [6.07, 6.45) is 2.26. The van der Waals surface area contributed by atoms with Crippen LogP contribution in [0.4, 0.5) is 14.9 Å². The Labute approximate surface area is 199 Å². The Balaban J connectivity index is 1.49. The lowest BCUT2D eigenvalue weighted by molar-refractivity contribution is -0.126. The van der Waals surface area contributed by atoms with Crippen molar-refractivity contribution < 1.29 is 22.4 Å². The average molecular weight is 491 g/mol. The van der Waals surface area contributed by atoms with Crippen LogP contribution in [0.15, 0.2) is 53.4 Å². The van der Waals surface area contributed by atoms with Crippen molar-refractivity contribution in [1.82, 2.24) is 15.4 Å². The molecule has 8 nitrogen and oxygen atoms in total. The monoisotopic (exact) mass is 490 g/mol. The van der Waals surface area contributed by atoms with Crippen LogP contribution in [0.1, 0.15) is 51.1 Å². The largest absolute Gasteiger partial charge is 0.349 e. The maximum absolute atomic E-state index is 13.1. The molecule has 34 heavy (non-hydrogen) atoms. The second-order valence-electron chi connectivity index (χ2n) is 8.46. The summed E-state index contributed by atoms with van der Waals surface area (Å²) in [6.45, 7) is 4.14. The van der Waals surface area contributed by atoms with Crippen LogP contribution >= 0.6 is 0 Å². The first-order valence-corrected chi connectivity index (χ1v) is 12.9. The lowest BCUT2D eigenvalue weighted by atomic mass is 9.85. The SMILES string of the molecule is CCNC(=O)Nc1ccc(S(=O)(=O)N[C@H]2CC[C@H](C(=O)N[C@H](C)c3ccc(F)cc3)CC2)cc1. The van der Waals surface area contributed by atoms with Crippen molar-refractivity contribution in [2.45, 2.75) is 56.5 Å². The Morgan fingerprint density at radius 2 is 1.62 bits per heavy atom. The highest BCUT2D eigenvalue weighted by molar-refractivity contribution is 7.89. The molecule has 2 aromatic carbocycles. The van der Waals surface area contributed by atoms with Gasteiger partial charge in [0.1, 0.15) is 5.82 Å². The van der Waals surface area contributed by atoms with Gasteiger partial charge in [0.25, 0.3) is 0 Å². The minimum Gasteiger partial charge on any atom is -0.349 e. The summed E-state index contributed by atoms with van der Waals surface area (Å²) in [7, 11) is -3.72. The molecular formula is C24H31FN4O4S. The molecule has 10 heteroatoms. The summed E-state index contributed by atoms with van der Waals surface area (Å²) in [5.74, 6) is -0.591. The van der Waals surface area contributed by atoms with Gasteiger partial charge < -0.3 is 16.0 Å². The Morgan fingerprint density at radius 3 is 2.21 bits per heavy atom. The number of benzene rings is 2. The topological polar surface area (TPSA) is 116 Å². The Bertz CT molecular complexity index is 1080. The van der Waals surface area contributed by atoms with Crippen LogP contribution in [-0.4, -0.2) is 32.9 Å². The second kappa shape index (κ2) is 11.4. The minimum absolute atomic E-state index is 0.0756. The number of carbonyl (C=O) groups is 2. The molecule has 0 heterocycles. The molecule has 2 aromatic rings. The van der Waals surface area contributed by atoms with E-state index in [0.29, 0.717) is 37.9 Å². The quantitative estimate of drug-likeness (QED) is 0.452. The zero-order chi connectivity index (χ0) is 24.7. The van der Waals surface area contributed by atoms with Gasteiger partial charge in [0.2, 0.25) is 15.9 Å². The number of sulfonamides is 1. The fourth-order valence-corrected chi connectivity index (χ4v) is 5.29. The molecule has 0 radical (unpaired) electrons. The molecule has 0 bridgehead atoms. The van der Waals surface area contributed by atoms with E-state index < -0.39 is 10.0 Å². The molecule has 184 valence electrons. The molecule has 0 spiro atoms. The molecule has 1 saturated carbocycles. The zero-order valence-corrected chi connectivity index (χ0v) is 20.1. The van der Waals surface area contributed by atoms with Crippen LogP contribution in [0, 0.1) is 11.7 Å². The first-order valence-electron chi connectivity index (χ1n) is 11.4. The summed E-state index contributed by atoms with van der Waals surface area (Å²) in [5.41, 5.74) is 1.31. The van der Waals surface area contributed by atoms with Gasteiger partial charge in [0.05, 0.1) is 10.9 Å². The first kappa shape index (κ1) is 25.6. The van der Waals surface area contributed by atoms with Crippen molar-refractivity contribution in [3.63, 3.8) is 0 Å². The zero-order valence-electron chi connectivity index (χ0n) is 19.3. The number of amides is 3. The third kappa shape index (κ3) is 7.01. The van der Waals surface area contributed by atoms with Crippen LogP contribution in [0.5, 0.6) is 0 Å². The van der Waals surface area contributed by atoms with E-state index in [4.69, 9.17) is 0 Å². The van der Waals surface area contributed by atoms with Crippen LogP contribution in [-0.2, 0) is 14.8 Å². The number of rotatable bonds is 8. The Morgan fingerprint density at radius 1 is 1.00 bits per heavy atom. The highest BCUT2D eigenvalue weighted by Gasteiger charge is 2.29. The summed E-state index contributed by atoms with van der Waals surface area (Å²) in [4.78, 5) is 24.3. The third-order valence-electron chi connectivity index (χ3n) is 5.91. The van der Waals surface area contributed by atoms with Crippen molar-refractivity contribution in [2.75, 3.05) is 11.9 Å². The van der Waals surface area contributed by atoms with Crippen LogP contribution in [0.3, 0.4) is 0 Å². The van der Waals surface area contributed by atoms with E-state index in [-0.39, 0.29) is 40.7 Å². The Hall–Kier alpha value is -2.98. The number of halogens is 1. The van der Waals surface area contributed by atoms with Gasteiger partial charge in [0, 0.05) is 24.2 Å². The molecule has 0 saturated heterocycles. The van der Waals surface area contributed by atoms with E-state index in [1.54, 1.807) is 19.1 Å². The van der Waals surface area contributed by atoms with Crippen molar-refractivity contribution >= 4 is 27.6 Å². The van der Waals surface area contributed by atoms with Crippen molar-refractivity contribution in [3.8, 4) is 0 Å². The molecule has 1 fully saturated rings. The number of nitrogens with one attached hydrogen (secondary N) is 4. The highest BCUT2D eigenvalue weighted by atomic mass is 32.2. The summed E-state index contributed by atoms with van der Waals surface area (Å²) >= 11 is 0. The smallest absolute Gasteiger partial charge is 0.319 e. The normalized spacial score (nSPS) is 19.1. The highest BCUT2D eigenvalue weighted by Crippen LogP contribution is 2.27. The molecule has 0 aromatic heterocycles. The van der Waals surface area contributed by atoms with Gasteiger partial charge in [-0.15, -0.1) is 0 Å². The van der Waals surface area contributed by atoms with E-state index >= 15 is 0 Å². The van der Waals surface area contributed by atoms with Gasteiger partial charge in [0.15, 0.2) is 0 Å². The van der Waals surface area contributed by atoms with E-state index in [2.05, 4.69) is 20.7 Å². The van der Waals surface area contributed by atoms with Crippen molar-refractivity contribution in [3.05, 3.63) is 59.9 Å². The lowest BCUT2D eigenvalue weighted by Crippen LogP contribution is -2.41. The number of hydrogen-bond donors (Lipinski definition) is 4. The van der Waals surface area contributed by atoms with E-state index in [1.165, 1.54) is 36.4 Å². The molecule has 0 unspecified atom stereocenters. The fourth-order valence-electron chi connectivity index (χ4n) is 3.98. The van der Waals surface area contributed by atoms with Gasteiger partial charge in [-0.1, -0.05) is 12.1 Å². The molecule has 3 rings (SSSR count). The number of carbonyl (C=O) groups excluding carboxylic acids is 2. The van der Waals surface area contributed by atoms with E-state index in [1.807, 2.05) is 6.92 Å². The van der Waals surface area contributed by atoms with Gasteiger partial charge >= 0.3 is 6.03 Å². The van der Waals surface area contributed by atoms with Crippen LogP contribution < -0.4 is 20.7 Å². The molecule has 0 aliphatic heterocycles. The molecule has 3 amide bonds. The number of anilines is 1. The molecule has 1 atom stereocenters. The molecule has 1 aliphatic rings. The maximum atomic E-state index is 13.1. The predicted molar refractivity (Wildman–Crippen MR) is 128 cm³/mol. The van der Waals surface area contributed by atoms with Gasteiger partial charge in [-0.2, -0.15) is 0 Å². The molecule has 1 aliphatic carbocycles. The number of hydrogen-bond acceptors (Lipinski definition) is 4. The predicted octanol–water partition coefficient (Wildman–Crippen LogP) is 3.68. The van der Waals surface area contributed by atoms with Crippen LogP contribution in [0.25, 0.3) is 0 Å². The second-order valence-corrected chi connectivity index (χ2v) is 10.2. The maximum Gasteiger partial charge on any atom is 0.319 e. The first-order chi connectivity index (χ1) is 16.2. The fraction of sp³-hybridized carbons (Fsp3) is 0.417. The van der Waals surface area contributed by atoms with E-state index in [9.17, 15) is 22.4 Å². The minimum atomic E-state index is -3.72. The van der Waals surface area contributed by atoms with Crippen LogP contribution in [0.2, 0.25) is 0 Å². The lowest BCUT2D eigenvalue weighted by Gasteiger charge is -2.29. The summed E-state index contributed by atoms with van der Waals surface area (Å²) in [6, 6.07) is 11.1. The third-order valence-corrected chi connectivity index (χ3v) is 7.44. The standard InChI is InChI=1S/C24H31FN4O4S/c1-3-26-24(31)28-20-12-14-22(15-13-20)34(32,33)29-21-10-6-18(7-11-21)23(30)27-16(2)17-4-8-19(25)9-5-17/h4-5,8-9,12-16,18,21,29H,3,6-7,10-11H2,1-2H3,(H,27,30)(H2,26,28,31)/t16-,18-,21-/m1/s1. The van der Waals surface area contributed by atoms with Crippen molar-refractivity contribution in [1.29, 1.82) is 0 Å². The molecular weight excluding hydrogens is 459 g/mol. The number of urea groups is 1. The van der Waals surface area contributed by atoms with Crippen molar-refractivity contribution in [2.24, 2.45) is 5.92 Å². The van der Waals surface area contributed by atoms with Gasteiger partial charge in [-0.3, -0.25) is 4.79 Å². The van der Waals surface area contributed by atoms with Gasteiger partial charge in [-0.25, -0.2) is 22.3 Å². The van der Waals surface area contributed by atoms with E-state index in [0.717, 1.165) is 5.56 Å². The summed E-state index contributed by atoms with van der Waals surface area (Å²) in [5, 5.41) is 8.19. The Kier molecular flexibility index (Phi) is 8.62. The van der Waals surface area contributed by atoms with Gasteiger partial charge in [-0.05, 0) is 81.5 Å². The molecule has 4 N–H and O–H groups in total.